The predicted molar refractivity (Wildman–Crippen MR) is 66.4 cm³/mol. The average Bonchev–Trinajstić information content (AvgIpc) is 2.69. The highest BCUT2D eigenvalue weighted by Crippen LogP contribution is 2.28. The topological polar surface area (TPSA) is 38.5 Å². The molecular formula is C13H26N2O. The summed E-state index contributed by atoms with van der Waals surface area (Å²) in [5.41, 5.74) is 5.98. The Morgan fingerprint density at radius 3 is 2.38 bits per heavy atom. The average molecular weight is 226 g/mol. The summed E-state index contributed by atoms with van der Waals surface area (Å²) in [4.78, 5) is 2.67. The van der Waals surface area contributed by atoms with E-state index in [1.807, 2.05) is 0 Å². The highest BCUT2D eigenvalue weighted by atomic mass is 16.5. The van der Waals surface area contributed by atoms with E-state index in [1.54, 1.807) is 0 Å². The summed E-state index contributed by atoms with van der Waals surface area (Å²) in [6.07, 6.45) is 6.57. The maximum atomic E-state index is 5.98. The first-order chi connectivity index (χ1) is 7.72. The van der Waals surface area contributed by atoms with E-state index in [1.165, 1.54) is 32.1 Å². The molecule has 2 aliphatic rings. The number of hydrogen-bond donors (Lipinski definition) is 1. The molecule has 0 radical (unpaired) electrons. The van der Waals surface area contributed by atoms with Crippen molar-refractivity contribution >= 4 is 0 Å². The number of likely N-dealkylation sites (N-methyl/N-ethyl adjacent to an activating group) is 1. The van der Waals surface area contributed by atoms with Crippen molar-refractivity contribution < 1.29 is 4.74 Å². The Kier molecular flexibility index (Phi) is 4.22. The molecule has 0 bridgehead atoms. The van der Waals surface area contributed by atoms with Crippen molar-refractivity contribution in [3.63, 3.8) is 0 Å². The highest BCUT2D eigenvalue weighted by Gasteiger charge is 2.34. The lowest BCUT2D eigenvalue weighted by Crippen LogP contribution is -2.48. The quantitative estimate of drug-likeness (QED) is 0.797. The van der Waals surface area contributed by atoms with E-state index in [-0.39, 0.29) is 0 Å². The third kappa shape index (κ3) is 2.58. The van der Waals surface area contributed by atoms with Crippen molar-refractivity contribution in [3.05, 3.63) is 0 Å². The van der Waals surface area contributed by atoms with Gasteiger partial charge in [0.25, 0.3) is 0 Å². The van der Waals surface area contributed by atoms with Gasteiger partial charge in [-0.3, -0.25) is 4.90 Å². The van der Waals surface area contributed by atoms with Crippen LogP contribution in [0.3, 0.4) is 0 Å². The lowest BCUT2D eigenvalue weighted by Gasteiger charge is -2.40. The summed E-state index contributed by atoms with van der Waals surface area (Å²) >= 11 is 0. The predicted octanol–water partition coefficient (Wildman–Crippen LogP) is 1.76. The van der Waals surface area contributed by atoms with Crippen molar-refractivity contribution in [2.45, 2.75) is 70.2 Å². The standard InChI is InChI=1S/C13H26N2O/c1-3-15(13-8-9-16-10(13)2)12-6-4-11(14)5-7-12/h10-13H,3-9,14H2,1-2H3. The minimum absolute atomic E-state index is 0.413. The van der Waals surface area contributed by atoms with Crippen molar-refractivity contribution in [2.75, 3.05) is 13.2 Å². The van der Waals surface area contributed by atoms with Gasteiger partial charge in [0.05, 0.1) is 6.10 Å². The molecule has 0 amide bonds. The molecule has 0 aromatic carbocycles. The van der Waals surface area contributed by atoms with Gasteiger partial charge in [0.2, 0.25) is 0 Å². The second-order valence-corrected chi connectivity index (χ2v) is 5.33. The van der Waals surface area contributed by atoms with Crippen molar-refractivity contribution in [1.82, 2.24) is 4.90 Å². The van der Waals surface area contributed by atoms with Crippen molar-refractivity contribution in [1.29, 1.82) is 0 Å². The van der Waals surface area contributed by atoms with Crippen LogP contribution in [-0.2, 0) is 4.74 Å². The molecule has 2 N–H and O–H groups in total. The Morgan fingerprint density at radius 2 is 1.88 bits per heavy atom. The summed E-state index contributed by atoms with van der Waals surface area (Å²) in [5, 5.41) is 0. The van der Waals surface area contributed by atoms with E-state index in [4.69, 9.17) is 10.5 Å². The lowest BCUT2D eigenvalue weighted by molar-refractivity contribution is 0.0444. The molecule has 0 spiro atoms. The maximum Gasteiger partial charge on any atom is 0.0703 e. The number of rotatable bonds is 3. The highest BCUT2D eigenvalue weighted by molar-refractivity contribution is 4.89. The van der Waals surface area contributed by atoms with E-state index in [2.05, 4.69) is 18.7 Å². The number of ether oxygens (including phenoxy) is 1. The molecule has 1 saturated heterocycles. The summed E-state index contributed by atoms with van der Waals surface area (Å²) in [7, 11) is 0. The Balaban J connectivity index is 1.93. The van der Waals surface area contributed by atoms with Crippen LogP contribution >= 0.6 is 0 Å². The number of hydrogen-bond acceptors (Lipinski definition) is 3. The molecule has 3 heteroatoms. The van der Waals surface area contributed by atoms with Crippen LogP contribution in [0, 0.1) is 0 Å². The van der Waals surface area contributed by atoms with Crippen molar-refractivity contribution in [3.8, 4) is 0 Å². The van der Waals surface area contributed by atoms with Crippen LogP contribution in [0.5, 0.6) is 0 Å². The zero-order chi connectivity index (χ0) is 11.5. The number of nitrogens with zero attached hydrogens (tertiary/aromatic N) is 1. The molecule has 1 saturated carbocycles. The van der Waals surface area contributed by atoms with Gasteiger partial charge in [-0.2, -0.15) is 0 Å². The second kappa shape index (κ2) is 5.48. The monoisotopic (exact) mass is 226 g/mol. The second-order valence-electron chi connectivity index (χ2n) is 5.33. The summed E-state index contributed by atoms with van der Waals surface area (Å²) in [6, 6.07) is 1.84. The van der Waals surface area contributed by atoms with E-state index in [9.17, 15) is 0 Å². The van der Waals surface area contributed by atoms with Gasteiger partial charge >= 0.3 is 0 Å². The van der Waals surface area contributed by atoms with Crippen LogP contribution in [0.15, 0.2) is 0 Å². The largest absolute Gasteiger partial charge is 0.377 e. The molecule has 94 valence electrons. The summed E-state index contributed by atoms with van der Waals surface area (Å²) < 4.78 is 5.69. The third-order valence-corrected chi connectivity index (χ3v) is 4.34. The van der Waals surface area contributed by atoms with E-state index < -0.39 is 0 Å². The third-order valence-electron chi connectivity index (χ3n) is 4.34. The van der Waals surface area contributed by atoms with Gasteiger partial charge in [-0.1, -0.05) is 6.92 Å². The van der Waals surface area contributed by atoms with E-state index in [0.29, 0.717) is 18.2 Å². The van der Waals surface area contributed by atoms with Crippen LogP contribution in [0.1, 0.15) is 46.0 Å². The van der Waals surface area contributed by atoms with Crippen LogP contribution in [0.25, 0.3) is 0 Å². The first-order valence-corrected chi connectivity index (χ1v) is 6.85. The Hall–Kier alpha value is -0.120. The normalized spacial score (nSPS) is 40.5. The first-order valence-electron chi connectivity index (χ1n) is 6.85. The Morgan fingerprint density at radius 1 is 1.19 bits per heavy atom. The molecule has 16 heavy (non-hydrogen) atoms. The zero-order valence-corrected chi connectivity index (χ0v) is 10.7. The molecule has 0 aromatic rings. The van der Waals surface area contributed by atoms with Crippen LogP contribution in [0.4, 0.5) is 0 Å². The SMILES string of the molecule is CCN(C1CCC(N)CC1)C1CCOC1C. The van der Waals surface area contributed by atoms with Crippen LogP contribution in [0.2, 0.25) is 0 Å². The van der Waals surface area contributed by atoms with Gasteiger partial charge in [-0.25, -0.2) is 0 Å². The van der Waals surface area contributed by atoms with Gasteiger partial charge in [0, 0.05) is 24.7 Å². The number of nitrogens with two attached hydrogens (primary N) is 1. The van der Waals surface area contributed by atoms with Gasteiger partial charge in [-0.15, -0.1) is 0 Å². The van der Waals surface area contributed by atoms with Gasteiger partial charge in [0.1, 0.15) is 0 Å². The summed E-state index contributed by atoms with van der Waals surface area (Å²) in [6.45, 7) is 6.58. The fourth-order valence-corrected chi connectivity index (χ4v) is 3.35. The van der Waals surface area contributed by atoms with Gasteiger partial charge in [-0.05, 0) is 45.6 Å². The molecular weight excluding hydrogens is 200 g/mol. The minimum atomic E-state index is 0.413. The molecule has 2 rings (SSSR count). The van der Waals surface area contributed by atoms with Gasteiger partial charge < -0.3 is 10.5 Å². The van der Waals surface area contributed by atoms with Gasteiger partial charge in [0.15, 0.2) is 0 Å². The molecule has 2 atom stereocenters. The first kappa shape index (κ1) is 12.3. The Labute approximate surface area is 99.3 Å². The maximum absolute atomic E-state index is 5.98. The lowest BCUT2D eigenvalue weighted by atomic mass is 9.89. The molecule has 3 nitrogen and oxygen atoms in total. The fourth-order valence-electron chi connectivity index (χ4n) is 3.35. The molecule has 0 aromatic heterocycles. The molecule has 1 aliphatic carbocycles. The fraction of sp³-hybridized carbons (Fsp3) is 1.00. The Bertz CT molecular complexity index is 214. The van der Waals surface area contributed by atoms with E-state index in [0.717, 1.165) is 19.2 Å². The van der Waals surface area contributed by atoms with E-state index >= 15 is 0 Å². The summed E-state index contributed by atoms with van der Waals surface area (Å²) in [5.74, 6) is 0. The minimum Gasteiger partial charge on any atom is -0.377 e. The molecule has 2 unspecified atom stereocenters. The molecule has 1 heterocycles. The smallest absolute Gasteiger partial charge is 0.0703 e. The van der Waals surface area contributed by atoms with Crippen LogP contribution < -0.4 is 5.73 Å². The van der Waals surface area contributed by atoms with Crippen molar-refractivity contribution in [2.24, 2.45) is 5.73 Å². The molecule has 1 aliphatic heterocycles. The van der Waals surface area contributed by atoms with Crippen LogP contribution in [-0.4, -0.2) is 42.3 Å². The zero-order valence-electron chi connectivity index (χ0n) is 10.7. The molecule has 2 fully saturated rings.